The molecule has 2 N–H and O–H groups in total. The van der Waals surface area contributed by atoms with Crippen molar-refractivity contribution in [3.63, 3.8) is 0 Å². The molecular weight excluding hydrogens is 461 g/mol. The van der Waals surface area contributed by atoms with Gasteiger partial charge >= 0.3 is 0 Å². The van der Waals surface area contributed by atoms with Gasteiger partial charge in [0, 0.05) is 13.6 Å². The molecule has 2 aromatic rings. The number of likely N-dealkylation sites (N-methyl/N-ethyl adjacent to an activating group) is 1. The Morgan fingerprint density at radius 3 is 2.54 bits per heavy atom. The lowest BCUT2D eigenvalue weighted by atomic mass is 10.1. The second kappa shape index (κ2) is 11.6. The summed E-state index contributed by atoms with van der Waals surface area (Å²) in [5.41, 5.74) is 2.27. The summed E-state index contributed by atoms with van der Waals surface area (Å²) in [6, 6.07) is 2.52. The van der Waals surface area contributed by atoms with Gasteiger partial charge in [-0.3, -0.25) is 9.89 Å². The van der Waals surface area contributed by atoms with E-state index in [4.69, 9.17) is 4.42 Å². The Morgan fingerprint density at radius 2 is 2.04 bits per heavy atom. The molecule has 0 bridgehead atoms. The van der Waals surface area contributed by atoms with Crippen molar-refractivity contribution in [1.29, 1.82) is 0 Å². The molecule has 8 heteroatoms. The van der Waals surface area contributed by atoms with Gasteiger partial charge in [0.2, 0.25) is 5.89 Å². The van der Waals surface area contributed by atoms with E-state index in [1.54, 1.807) is 18.4 Å². The Hall–Kier alpha value is -1.13. The molecule has 2 heterocycles. The van der Waals surface area contributed by atoms with Crippen LogP contribution in [-0.2, 0) is 6.54 Å². The van der Waals surface area contributed by atoms with Crippen LogP contribution in [-0.4, -0.2) is 42.5 Å². The summed E-state index contributed by atoms with van der Waals surface area (Å²) >= 11 is 1.74. The zero-order valence-corrected chi connectivity index (χ0v) is 19.4. The highest BCUT2D eigenvalue weighted by Crippen LogP contribution is 2.22. The average Bonchev–Trinajstić information content (AvgIpc) is 3.24. The molecule has 2 aromatic heterocycles. The van der Waals surface area contributed by atoms with Crippen LogP contribution in [0, 0.1) is 13.8 Å². The fourth-order valence-electron chi connectivity index (χ4n) is 2.77. The normalized spacial score (nSPS) is 12.8. The Morgan fingerprint density at radius 1 is 1.31 bits per heavy atom. The molecular formula is C18H30IN5OS. The maximum absolute atomic E-state index is 5.60. The Balaban J connectivity index is 0.00000338. The summed E-state index contributed by atoms with van der Waals surface area (Å²) in [4.78, 5) is 11.1. The minimum atomic E-state index is 0. The van der Waals surface area contributed by atoms with Gasteiger partial charge in [-0.15, -0.1) is 24.0 Å². The van der Waals surface area contributed by atoms with Crippen molar-refractivity contribution in [2.45, 2.75) is 40.3 Å². The smallest absolute Gasteiger partial charge is 0.214 e. The number of guanidine groups is 1. The standard InChI is InChI=1S/C18H29N5OS.HI/c1-6-23(7-2)16(15-8-9-25-12-15)10-20-18(19-5)21-11-17-22-13(3)14(4)24-17;/h8-9,12,16H,6-7,10-11H2,1-5H3,(H2,19,20,21);1H. The fourth-order valence-corrected chi connectivity index (χ4v) is 3.48. The quantitative estimate of drug-likeness (QED) is 0.335. The number of aliphatic imine (C=N–C) groups is 1. The van der Waals surface area contributed by atoms with Crippen molar-refractivity contribution >= 4 is 41.3 Å². The van der Waals surface area contributed by atoms with Gasteiger partial charge in [-0.05, 0) is 49.3 Å². The van der Waals surface area contributed by atoms with Crippen molar-refractivity contribution in [3.05, 3.63) is 39.7 Å². The maximum Gasteiger partial charge on any atom is 0.214 e. The van der Waals surface area contributed by atoms with Gasteiger partial charge in [0.25, 0.3) is 0 Å². The fraction of sp³-hybridized carbons (Fsp3) is 0.556. The zero-order chi connectivity index (χ0) is 18.2. The van der Waals surface area contributed by atoms with Gasteiger partial charge in [-0.25, -0.2) is 4.98 Å². The first-order chi connectivity index (χ1) is 12.1. The lowest BCUT2D eigenvalue weighted by Crippen LogP contribution is -2.43. The van der Waals surface area contributed by atoms with Gasteiger partial charge in [-0.2, -0.15) is 11.3 Å². The van der Waals surface area contributed by atoms with E-state index in [2.05, 4.69) is 56.2 Å². The first-order valence-corrected chi connectivity index (χ1v) is 9.66. The largest absolute Gasteiger partial charge is 0.444 e. The molecule has 0 aromatic carbocycles. The van der Waals surface area contributed by atoms with Crippen LogP contribution in [0.1, 0.15) is 42.8 Å². The first-order valence-electron chi connectivity index (χ1n) is 8.72. The number of thiophene rings is 1. The van der Waals surface area contributed by atoms with Crippen molar-refractivity contribution in [1.82, 2.24) is 20.5 Å². The van der Waals surface area contributed by atoms with Crippen LogP contribution in [0.15, 0.2) is 26.2 Å². The summed E-state index contributed by atoms with van der Waals surface area (Å²) in [5, 5.41) is 11.1. The second-order valence-corrected chi connectivity index (χ2v) is 6.63. The molecule has 26 heavy (non-hydrogen) atoms. The molecule has 1 atom stereocenters. The second-order valence-electron chi connectivity index (χ2n) is 5.85. The number of halogens is 1. The van der Waals surface area contributed by atoms with Crippen LogP contribution in [0.2, 0.25) is 0 Å². The Kier molecular flexibility index (Phi) is 10.2. The summed E-state index contributed by atoms with van der Waals surface area (Å²) in [7, 11) is 1.78. The first kappa shape index (κ1) is 22.9. The van der Waals surface area contributed by atoms with E-state index in [0.29, 0.717) is 18.5 Å². The summed E-state index contributed by atoms with van der Waals surface area (Å²) in [5.74, 6) is 2.29. The third kappa shape index (κ3) is 6.24. The third-order valence-electron chi connectivity index (χ3n) is 4.35. The van der Waals surface area contributed by atoms with Crippen LogP contribution in [0.4, 0.5) is 0 Å². The van der Waals surface area contributed by atoms with E-state index < -0.39 is 0 Å². The summed E-state index contributed by atoms with van der Waals surface area (Å²) in [6.45, 7) is 11.6. The number of aryl methyl sites for hydroxylation is 2. The Bertz CT molecular complexity index is 648. The van der Waals surface area contributed by atoms with Crippen molar-refractivity contribution in [2.24, 2.45) is 4.99 Å². The van der Waals surface area contributed by atoms with Crippen molar-refractivity contribution in [2.75, 3.05) is 26.7 Å². The zero-order valence-electron chi connectivity index (χ0n) is 16.2. The SMILES string of the molecule is CCN(CC)C(CNC(=NC)NCc1nc(C)c(C)o1)c1ccsc1.I. The molecule has 0 aliphatic heterocycles. The molecule has 0 saturated heterocycles. The highest BCUT2D eigenvalue weighted by Gasteiger charge is 2.18. The van der Waals surface area contributed by atoms with E-state index in [1.165, 1.54) is 5.56 Å². The maximum atomic E-state index is 5.60. The van der Waals surface area contributed by atoms with Crippen molar-refractivity contribution < 1.29 is 4.42 Å². The highest BCUT2D eigenvalue weighted by atomic mass is 127. The van der Waals surface area contributed by atoms with E-state index in [9.17, 15) is 0 Å². The van der Waals surface area contributed by atoms with Gasteiger partial charge in [0.05, 0.1) is 18.3 Å². The molecule has 6 nitrogen and oxygen atoms in total. The molecule has 0 radical (unpaired) electrons. The summed E-state index contributed by atoms with van der Waals surface area (Å²) in [6.07, 6.45) is 0. The molecule has 1 unspecified atom stereocenters. The lowest BCUT2D eigenvalue weighted by Gasteiger charge is -2.30. The topological polar surface area (TPSA) is 65.7 Å². The molecule has 0 amide bonds. The minimum Gasteiger partial charge on any atom is -0.444 e. The number of aromatic nitrogens is 1. The monoisotopic (exact) mass is 491 g/mol. The van der Waals surface area contributed by atoms with Crippen molar-refractivity contribution in [3.8, 4) is 0 Å². The van der Waals surface area contributed by atoms with Crippen LogP contribution in [0.25, 0.3) is 0 Å². The van der Waals surface area contributed by atoms with Crippen LogP contribution >= 0.6 is 35.3 Å². The minimum absolute atomic E-state index is 0. The van der Waals surface area contributed by atoms with Gasteiger partial charge < -0.3 is 15.1 Å². The predicted molar refractivity (Wildman–Crippen MR) is 120 cm³/mol. The molecule has 0 spiro atoms. The number of nitrogens with one attached hydrogen (secondary N) is 2. The molecule has 146 valence electrons. The predicted octanol–water partition coefficient (Wildman–Crippen LogP) is 3.72. The van der Waals surface area contributed by atoms with E-state index >= 15 is 0 Å². The number of hydrogen-bond acceptors (Lipinski definition) is 5. The van der Waals surface area contributed by atoms with E-state index in [1.807, 2.05) is 13.8 Å². The van der Waals surface area contributed by atoms with Crippen LogP contribution < -0.4 is 10.6 Å². The number of hydrogen-bond donors (Lipinski definition) is 2. The third-order valence-corrected chi connectivity index (χ3v) is 5.05. The number of oxazole rings is 1. The lowest BCUT2D eigenvalue weighted by molar-refractivity contribution is 0.219. The molecule has 0 saturated carbocycles. The van der Waals surface area contributed by atoms with Crippen LogP contribution in [0.5, 0.6) is 0 Å². The highest BCUT2D eigenvalue weighted by molar-refractivity contribution is 14.0. The molecule has 0 aliphatic carbocycles. The number of rotatable bonds is 8. The average molecular weight is 491 g/mol. The number of nitrogens with zero attached hydrogens (tertiary/aromatic N) is 3. The Labute approximate surface area is 177 Å². The molecule has 2 rings (SSSR count). The molecule has 0 fully saturated rings. The van der Waals surface area contributed by atoms with Crippen LogP contribution in [0.3, 0.4) is 0 Å². The van der Waals surface area contributed by atoms with E-state index in [0.717, 1.165) is 37.0 Å². The van der Waals surface area contributed by atoms with E-state index in [-0.39, 0.29) is 24.0 Å². The molecule has 0 aliphatic rings. The van der Waals surface area contributed by atoms with Gasteiger partial charge in [0.15, 0.2) is 5.96 Å². The van der Waals surface area contributed by atoms with Gasteiger partial charge in [-0.1, -0.05) is 13.8 Å². The summed E-state index contributed by atoms with van der Waals surface area (Å²) < 4.78 is 5.60. The van der Waals surface area contributed by atoms with Gasteiger partial charge in [0.1, 0.15) is 5.76 Å².